The van der Waals surface area contributed by atoms with Crippen molar-refractivity contribution in [3.05, 3.63) is 0 Å². The van der Waals surface area contributed by atoms with E-state index in [9.17, 15) is 9.59 Å². The number of hydrogen-bond acceptors (Lipinski definition) is 2. The first-order valence-electron chi connectivity index (χ1n) is 9.26. The Morgan fingerprint density at radius 3 is 1.29 bits per heavy atom. The molecule has 138 valence electrons. The third kappa shape index (κ3) is 3.78. The maximum absolute atomic E-state index is 12.0. The zero-order chi connectivity index (χ0) is 18.1. The molecule has 0 aromatic heterocycles. The highest BCUT2D eigenvalue weighted by atomic mass is 16.2. The third-order valence-corrected chi connectivity index (χ3v) is 6.02. The van der Waals surface area contributed by atoms with Crippen molar-refractivity contribution in [1.82, 2.24) is 20.4 Å². The fraction of sp³-hybridized carbons (Fsp3) is 0.889. The summed E-state index contributed by atoms with van der Waals surface area (Å²) in [4.78, 5) is 27.7. The van der Waals surface area contributed by atoms with Crippen LogP contribution in [0.1, 0.15) is 67.2 Å². The van der Waals surface area contributed by atoms with Gasteiger partial charge in [0.15, 0.2) is 0 Å². The molecule has 2 N–H and O–H groups in total. The largest absolute Gasteiger partial charge is 0.338 e. The van der Waals surface area contributed by atoms with Crippen molar-refractivity contribution in [1.29, 1.82) is 0 Å². The third-order valence-electron chi connectivity index (χ3n) is 6.02. The van der Waals surface area contributed by atoms with E-state index in [4.69, 9.17) is 0 Å². The Balaban J connectivity index is 1.44. The Kier molecular flexibility index (Phi) is 5.35. The fourth-order valence-electron chi connectivity index (χ4n) is 3.41. The number of rotatable bonds is 7. The molecular weight excluding hydrogens is 304 g/mol. The van der Waals surface area contributed by atoms with Crippen LogP contribution in [0.2, 0.25) is 0 Å². The maximum atomic E-state index is 12.0. The lowest BCUT2D eigenvalue weighted by atomic mass is 10.2. The highest BCUT2D eigenvalue weighted by Gasteiger charge is 2.55. The summed E-state index contributed by atoms with van der Waals surface area (Å²) in [5, 5.41) is 5.97. The Bertz CT molecular complexity index is 445. The molecule has 2 rings (SSSR count). The molecule has 0 aromatic carbocycles. The molecule has 0 radical (unpaired) electrons. The van der Waals surface area contributed by atoms with Gasteiger partial charge in [-0.2, -0.15) is 0 Å². The second kappa shape index (κ2) is 6.81. The van der Waals surface area contributed by atoms with E-state index in [1.54, 1.807) is 0 Å². The number of unbranched alkanes of at least 4 members (excludes halogenated alkanes) is 3. The van der Waals surface area contributed by atoms with Crippen LogP contribution in [0, 0.1) is 0 Å². The maximum Gasteiger partial charge on any atom is 0.318 e. The van der Waals surface area contributed by atoms with Gasteiger partial charge in [-0.3, -0.25) is 0 Å². The normalized spacial score (nSPS) is 26.1. The molecule has 24 heavy (non-hydrogen) atoms. The zero-order valence-corrected chi connectivity index (χ0v) is 16.1. The van der Waals surface area contributed by atoms with Gasteiger partial charge in [0.1, 0.15) is 0 Å². The van der Waals surface area contributed by atoms with Crippen molar-refractivity contribution in [2.24, 2.45) is 0 Å². The first-order chi connectivity index (χ1) is 11.1. The molecule has 2 heterocycles. The van der Waals surface area contributed by atoms with Crippen LogP contribution in [0.15, 0.2) is 0 Å². The second-order valence-electron chi connectivity index (χ2n) is 8.28. The van der Waals surface area contributed by atoms with E-state index in [1.807, 2.05) is 9.80 Å². The van der Waals surface area contributed by atoms with Crippen molar-refractivity contribution in [3.8, 4) is 0 Å². The second-order valence-corrected chi connectivity index (χ2v) is 8.28. The lowest BCUT2D eigenvalue weighted by Crippen LogP contribution is -2.32. The van der Waals surface area contributed by atoms with Crippen LogP contribution < -0.4 is 10.6 Å². The Hall–Kier alpha value is -1.46. The average molecular weight is 338 g/mol. The van der Waals surface area contributed by atoms with E-state index in [0.717, 1.165) is 38.8 Å². The molecule has 0 aliphatic carbocycles. The summed E-state index contributed by atoms with van der Waals surface area (Å²) >= 11 is 0. The number of nitrogens with one attached hydrogen (secondary N) is 2. The molecule has 0 saturated carbocycles. The van der Waals surface area contributed by atoms with E-state index in [0.29, 0.717) is 12.1 Å². The minimum absolute atomic E-state index is 0.00589. The van der Waals surface area contributed by atoms with E-state index in [-0.39, 0.29) is 23.1 Å². The van der Waals surface area contributed by atoms with Gasteiger partial charge in [-0.15, -0.1) is 0 Å². The predicted molar refractivity (Wildman–Crippen MR) is 96.0 cm³/mol. The van der Waals surface area contributed by atoms with Crippen LogP contribution in [-0.4, -0.2) is 58.1 Å². The van der Waals surface area contributed by atoms with Crippen LogP contribution in [0.25, 0.3) is 0 Å². The molecule has 0 aromatic rings. The summed E-state index contributed by atoms with van der Waals surface area (Å²) in [5.74, 6) is 0. The van der Waals surface area contributed by atoms with Gasteiger partial charge < -0.3 is 20.4 Å². The van der Waals surface area contributed by atoms with Crippen molar-refractivity contribution < 1.29 is 9.59 Å². The molecule has 4 amide bonds. The van der Waals surface area contributed by atoms with Gasteiger partial charge in [-0.1, -0.05) is 12.8 Å². The lowest BCUT2D eigenvalue weighted by molar-refractivity contribution is 0.221. The van der Waals surface area contributed by atoms with Crippen molar-refractivity contribution in [2.75, 3.05) is 13.1 Å². The van der Waals surface area contributed by atoms with Crippen LogP contribution >= 0.6 is 0 Å². The van der Waals surface area contributed by atoms with Crippen molar-refractivity contribution >= 4 is 12.1 Å². The summed E-state index contributed by atoms with van der Waals surface area (Å²) in [6.07, 6.45) is 4.11. The molecule has 2 aliphatic heterocycles. The van der Waals surface area contributed by atoms with Gasteiger partial charge in [0.05, 0.1) is 23.2 Å². The quantitative estimate of drug-likeness (QED) is 0.554. The fourth-order valence-corrected chi connectivity index (χ4v) is 3.41. The molecule has 2 aliphatic rings. The number of amides is 4. The summed E-state index contributed by atoms with van der Waals surface area (Å²) in [5.41, 5.74) is 0.0118. The van der Waals surface area contributed by atoms with Crippen LogP contribution in [0.4, 0.5) is 9.59 Å². The smallest absolute Gasteiger partial charge is 0.318 e. The highest BCUT2D eigenvalue weighted by Crippen LogP contribution is 2.40. The topological polar surface area (TPSA) is 64.2 Å². The Morgan fingerprint density at radius 1 is 0.750 bits per heavy atom. The molecule has 0 spiro atoms. The number of urea groups is 2. The molecule has 2 atom stereocenters. The molecular formula is C18H34N4O2. The van der Waals surface area contributed by atoms with Gasteiger partial charge in [-0.25, -0.2) is 9.59 Å². The SMILES string of the molecule is C[C@@H]1N(C(=O)NCCCCCCNC(=O)N2[C@H](C)C2(C)C)C1(C)C. The zero-order valence-electron chi connectivity index (χ0n) is 16.1. The number of nitrogens with zero attached hydrogens (tertiary/aromatic N) is 2. The molecule has 0 bridgehead atoms. The van der Waals surface area contributed by atoms with Crippen LogP contribution in [0.5, 0.6) is 0 Å². The minimum Gasteiger partial charge on any atom is -0.338 e. The molecule has 0 unspecified atom stereocenters. The number of hydrogen-bond donors (Lipinski definition) is 2. The van der Waals surface area contributed by atoms with Gasteiger partial charge in [0, 0.05) is 13.1 Å². The molecule has 2 saturated heterocycles. The van der Waals surface area contributed by atoms with Gasteiger partial charge in [0.2, 0.25) is 0 Å². The van der Waals surface area contributed by atoms with E-state index in [1.165, 1.54) is 0 Å². The van der Waals surface area contributed by atoms with Gasteiger partial charge >= 0.3 is 12.1 Å². The van der Waals surface area contributed by atoms with Crippen LogP contribution in [-0.2, 0) is 0 Å². The number of carbonyl (C=O) groups excluding carboxylic acids is 2. The minimum atomic E-state index is 0.00589. The summed E-state index contributed by atoms with van der Waals surface area (Å²) in [6, 6.07) is 0.761. The standard InChI is InChI=1S/C18H34N4O2/c1-13-17(3,4)21(13)15(23)19-11-9-7-8-10-12-20-16(24)22-14(2)18(22,5)6/h13-14H,7-12H2,1-6H3,(H,19,23)(H,20,24)/t13-,14+,21?,22?. The van der Waals surface area contributed by atoms with Crippen molar-refractivity contribution in [3.63, 3.8) is 0 Å². The van der Waals surface area contributed by atoms with Gasteiger partial charge in [-0.05, 0) is 54.4 Å². The van der Waals surface area contributed by atoms with E-state index in [2.05, 4.69) is 52.2 Å². The first-order valence-corrected chi connectivity index (χ1v) is 9.26. The van der Waals surface area contributed by atoms with Crippen molar-refractivity contribution in [2.45, 2.75) is 90.4 Å². The average Bonchev–Trinajstić information content (AvgIpc) is 3.20. The molecule has 6 nitrogen and oxygen atoms in total. The number of carbonyl (C=O) groups is 2. The first kappa shape index (κ1) is 18.9. The molecule has 6 heteroatoms. The Morgan fingerprint density at radius 2 is 1.04 bits per heavy atom. The van der Waals surface area contributed by atoms with E-state index < -0.39 is 0 Å². The lowest BCUT2D eigenvalue weighted by Gasteiger charge is -2.10. The highest BCUT2D eigenvalue weighted by molar-refractivity contribution is 5.79. The summed E-state index contributed by atoms with van der Waals surface area (Å²) in [6.45, 7) is 14.0. The monoisotopic (exact) mass is 338 g/mol. The Labute approximate surface area is 146 Å². The predicted octanol–water partition coefficient (Wildman–Crippen LogP) is 2.93. The summed E-state index contributed by atoms with van der Waals surface area (Å²) < 4.78 is 0. The van der Waals surface area contributed by atoms with Gasteiger partial charge in [0.25, 0.3) is 0 Å². The molecule has 2 fully saturated rings. The summed E-state index contributed by atoms with van der Waals surface area (Å²) in [7, 11) is 0. The van der Waals surface area contributed by atoms with Crippen LogP contribution in [0.3, 0.4) is 0 Å². The van der Waals surface area contributed by atoms with E-state index >= 15 is 0 Å².